The zero-order valence-electron chi connectivity index (χ0n) is 15.2. The topological polar surface area (TPSA) is 54.3 Å². The van der Waals surface area contributed by atoms with Crippen LogP contribution in [0.3, 0.4) is 0 Å². The Bertz CT molecular complexity index is 709. The van der Waals surface area contributed by atoms with Gasteiger partial charge in [-0.15, -0.1) is 12.4 Å². The number of allylic oxidation sites excluding steroid dienone is 1. The molecule has 1 aliphatic carbocycles. The van der Waals surface area contributed by atoms with Gasteiger partial charge in [-0.05, 0) is 50.7 Å². The fourth-order valence-corrected chi connectivity index (χ4v) is 3.66. The minimum atomic E-state index is -0.239. The average Bonchev–Trinajstić information content (AvgIpc) is 3.32. The summed E-state index contributed by atoms with van der Waals surface area (Å²) in [6.07, 6.45) is 6.34. The molecule has 0 spiro atoms. The van der Waals surface area contributed by atoms with E-state index in [1.54, 1.807) is 25.4 Å². The summed E-state index contributed by atoms with van der Waals surface area (Å²) >= 11 is 0. The van der Waals surface area contributed by atoms with Gasteiger partial charge in [-0.25, -0.2) is 0 Å². The van der Waals surface area contributed by atoms with Crippen LogP contribution in [0.5, 0.6) is 0 Å². The van der Waals surface area contributed by atoms with Crippen LogP contribution in [-0.4, -0.2) is 41.1 Å². The summed E-state index contributed by atoms with van der Waals surface area (Å²) in [5.74, 6) is 0.993. The van der Waals surface area contributed by atoms with Gasteiger partial charge < -0.3 is 9.88 Å². The third-order valence-corrected chi connectivity index (χ3v) is 5.32. The normalized spacial score (nSPS) is 24.0. The Morgan fingerprint density at radius 1 is 1.36 bits per heavy atom. The Kier molecular flexibility index (Phi) is 6.47. The number of carbonyl (C=O) groups is 1. The monoisotopic (exact) mass is 365 g/mol. The van der Waals surface area contributed by atoms with Crippen LogP contribution in [0.15, 0.2) is 34.8 Å². The lowest BCUT2D eigenvalue weighted by molar-refractivity contribution is 0.0926. The number of halogens is 1. The zero-order chi connectivity index (χ0) is 17.3. The summed E-state index contributed by atoms with van der Waals surface area (Å²) in [4.78, 5) is 27.2. The van der Waals surface area contributed by atoms with Crippen molar-refractivity contribution in [3.05, 3.63) is 45.9 Å². The van der Waals surface area contributed by atoms with Crippen LogP contribution in [0.4, 0.5) is 0 Å². The number of nitrogens with one attached hydrogen (secondary N) is 1. The van der Waals surface area contributed by atoms with Gasteiger partial charge in [0, 0.05) is 38.9 Å². The van der Waals surface area contributed by atoms with Crippen molar-refractivity contribution in [2.75, 3.05) is 19.6 Å². The second-order valence-electron chi connectivity index (χ2n) is 7.25. The quantitative estimate of drug-likeness (QED) is 0.814. The Morgan fingerprint density at radius 3 is 2.72 bits per heavy atom. The van der Waals surface area contributed by atoms with Crippen molar-refractivity contribution in [1.82, 2.24) is 14.8 Å². The molecular formula is C19H28ClN3O2. The van der Waals surface area contributed by atoms with Crippen molar-refractivity contribution in [2.24, 2.45) is 18.9 Å². The summed E-state index contributed by atoms with van der Waals surface area (Å²) in [6.45, 7) is 7.07. The van der Waals surface area contributed by atoms with E-state index >= 15 is 0 Å². The van der Waals surface area contributed by atoms with Gasteiger partial charge in [0.1, 0.15) is 5.56 Å². The maximum absolute atomic E-state index is 12.6. The van der Waals surface area contributed by atoms with Gasteiger partial charge in [-0.1, -0.05) is 11.6 Å². The second-order valence-corrected chi connectivity index (χ2v) is 7.25. The number of rotatable bonds is 5. The molecule has 5 nitrogen and oxygen atoms in total. The van der Waals surface area contributed by atoms with Gasteiger partial charge in [0.2, 0.25) is 0 Å². The minimum Gasteiger partial charge on any atom is -0.348 e. The molecule has 0 radical (unpaired) electrons. The highest BCUT2D eigenvalue weighted by Gasteiger charge is 2.43. The van der Waals surface area contributed by atoms with E-state index in [4.69, 9.17) is 0 Å². The van der Waals surface area contributed by atoms with Crippen molar-refractivity contribution >= 4 is 18.3 Å². The van der Waals surface area contributed by atoms with Crippen LogP contribution >= 0.6 is 12.4 Å². The molecule has 0 bridgehead atoms. The third kappa shape index (κ3) is 4.53. The lowest BCUT2D eigenvalue weighted by Crippen LogP contribution is -2.43. The molecule has 2 aliphatic rings. The Labute approximate surface area is 155 Å². The molecule has 1 aromatic rings. The van der Waals surface area contributed by atoms with E-state index in [1.165, 1.54) is 23.0 Å². The van der Waals surface area contributed by atoms with Crippen molar-refractivity contribution in [2.45, 2.75) is 32.7 Å². The van der Waals surface area contributed by atoms with Crippen molar-refractivity contribution < 1.29 is 4.79 Å². The largest absolute Gasteiger partial charge is 0.348 e. The molecular weight excluding hydrogens is 338 g/mol. The van der Waals surface area contributed by atoms with Gasteiger partial charge in [-0.3, -0.25) is 14.5 Å². The molecule has 0 aromatic carbocycles. The van der Waals surface area contributed by atoms with Crippen LogP contribution in [0.2, 0.25) is 0 Å². The molecule has 1 amide bonds. The molecule has 1 aliphatic heterocycles. The summed E-state index contributed by atoms with van der Waals surface area (Å²) < 4.78 is 1.45. The molecule has 138 valence electrons. The summed E-state index contributed by atoms with van der Waals surface area (Å²) in [7, 11) is 1.67. The summed E-state index contributed by atoms with van der Waals surface area (Å²) in [5, 5.41) is 3.14. The Hall–Kier alpha value is -1.59. The predicted molar refractivity (Wildman–Crippen MR) is 102 cm³/mol. The SMILES string of the molecule is C/C=C(\C)CN1C[C@H](NC(=O)c2cccn(C)c2=O)[C@@H](C2CC2)C1.Cl. The first-order valence-corrected chi connectivity index (χ1v) is 8.80. The maximum Gasteiger partial charge on any atom is 0.263 e. The van der Waals surface area contributed by atoms with Crippen LogP contribution in [-0.2, 0) is 7.05 Å². The van der Waals surface area contributed by atoms with E-state index in [2.05, 4.69) is 30.1 Å². The number of pyridine rings is 1. The second kappa shape index (κ2) is 8.19. The van der Waals surface area contributed by atoms with Gasteiger partial charge >= 0.3 is 0 Å². The molecule has 1 saturated carbocycles. The van der Waals surface area contributed by atoms with E-state index in [-0.39, 0.29) is 35.5 Å². The molecule has 1 N–H and O–H groups in total. The number of amides is 1. The minimum absolute atomic E-state index is 0. The number of carbonyl (C=O) groups excluding carboxylic acids is 1. The van der Waals surface area contributed by atoms with Gasteiger partial charge in [0.05, 0.1) is 0 Å². The fourth-order valence-electron chi connectivity index (χ4n) is 3.66. The van der Waals surface area contributed by atoms with Crippen molar-refractivity contribution in [3.8, 4) is 0 Å². The van der Waals surface area contributed by atoms with E-state index < -0.39 is 0 Å². The molecule has 1 saturated heterocycles. The number of hydrogen-bond donors (Lipinski definition) is 1. The standard InChI is InChI=1S/C19H27N3O2.ClH/c1-4-13(2)10-22-11-16(14-7-8-14)17(12-22)20-18(23)15-6-5-9-21(3)19(15)24;/h4-6,9,14,16-17H,7-8,10-12H2,1-3H3,(H,20,23);1H/b13-4+;/t16-,17+;/m1./s1. The van der Waals surface area contributed by atoms with Gasteiger partial charge in [0.15, 0.2) is 0 Å². The Morgan fingerprint density at radius 2 is 2.08 bits per heavy atom. The summed E-state index contributed by atoms with van der Waals surface area (Å²) in [5.41, 5.74) is 1.35. The van der Waals surface area contributed by atoms with E-state index in [0.717, 1.165) is 25.6 Å². The van der Waals surface area contributed by atoms with Gasteiger partial charge in [0.25, 0.3) is 11.5 Å². The first-order valence-electron chi connectivity index (χ1n) is 8.80. The first kappa shape index (κ1) is 19.7. The Balaban J connectivity index is 0.00000225. The molecule has 1 aromatic heterocycles. The molecule has 2 heterocycles. The third-order valence-electron chi connectivity index (χ3n) is 5.32. The van der Waals surface area contributed by atoms with Crippen LogP contribution < -0.4 is 10.9 Å². The fraction of sp³-hybridized carbons (Fsp3) is 0.579. The van der Waals surface area contributed by atoms with Gasteiger partial charge in [-0.2, -0.15) is 0 Å². The molecule has 2 atom stereocenters. The number of aryl methyl sites for hydroxylation is 1. The number of nitrogens with zero attached hydrogens (tertiary/aromatic N) is 2. The lowest BCUT2D eigenvalue weighted by atomic mass is 9.98. The smallest absolute Gasteiger partial charge is 0.263 e. The molecule has 0 unspecified atom stereocenters. The highest BCUT2D eigenvalue weighted by Crippen LogP contribution is 2.41. The molecule has 3 rings (SSSR count). The summed E-state index contributed by atoms with van der Waals surface area (Å²) in [6, 6.07) is 3.49. The van der Waals surface area contributed by atoms with E-state index in [1.807, 2.05) is 0 Å². The average molecular weight is 366 g/mol. The lowest BCUT2D eigenvalue weighted by Gasteiger charge is -2.19. The van der Waals surface area contributed by atoms with Crippen LogP contribution in [0.1, 0.15) is 37.0 Å². The van der Waals surface area contributed by atoms with E-state index in [0.29, 0.717) is 5.92 Å². The maximum atomic E-state index is 12.6. The van der Waals surface area contributed by atoms with Crippen LogP contribution in [0.25, 0.3) is 0 Å². The molecule has 2 fully saturated rings. The predicted octanol–water partition coefficient (Wildman–Crippen LogP) is 2.21. The van der Waals surface area contributed by atoms with Crippen molar-refractivity contribution in [3.63, 3.8) is 0 Å². The van der Waals surface area contributed by atoms with Crippen LogP contribution in [0, 0.1) is 11.8 Å². The molecule has 6 heteroatoms. The first-order chi connectivity index (χ1) is 11.5. The zero-order valence-corrected chi connectivity index (χ0v) is 16.0. The number of hydrogen-bond acceptors (Lipinski definition) is 3. The molecule has 25 heavy (non-hydrogen) atoms. The highest BCUT2D eigenvalue weighted by atomic mass is 35.5. The number of aromatic nitrogens is 1. The highest BCUT2D eigenvalue weighted by molar-refractivity contribution is 5.94. The number of likely N-dealkylation sites (tertiary alicyclic amines) is 1. The van der Waals surface area contributed by atoms with Crippen molar-refractivity contribution in [1.29, 1.82) is 0 Å². The van der Waals surface area contributed by atoms with E-state index in [9.17, 15) is 9.59 Å².